The van der Waals surface area contributed by atoms with Crippen LogP contribution >= 0.6 is 34.2 Å². The Morgan fingerprint density at radius 1 is 1.19 bits per heavy atom. The highest BCUT2D eigenvalue weighted by molar-refractivity contribution is 14.1. The van der Waals surface area contributed by atoms with E-state index in [-0.39, 0.29) is 12.2 Å². The van der Waals surface area contributed by atoms with Crippen LogP contribution in [0.2, 0.25) is 5.02 Å². The predicted molar refractivity (Wildman–Crippen MR) is 135 cm³/mol. The maximum absolute atomic E-state index is 12.6. The Morgan fingerprint density at radius 2 is 1.91 bits per heavy atom. The molecule has 0 spiro atoms. The Kier molecular flexibility index (Phi) is 8.14. The van der Waals surface area contributed by atoms with E-state index >= 15 is 0 Å². The number of aryl methyl sites for hydroxylation is 1. The lowest BCUT2D eigenvalue weighted by Gasteiger charge is -2.14. The molecule has 1 N–H and O–H groups in total. The summed E-state index contributed by atoms with van der Waals surface area (Å²) in [5, 5.41) is 12.9. The van der Waals surface area contributed by atoms with Gasteiger partial charge in [0.25, 0.3) is 5.91 Å². The quantitative estimate of drug-likeness (QED) is 0.207. The molecule has 3 aromatic carbocycles. The number of nitrogens with zero attached hydrogens (tertiary/aromatic N) is 1. The fraction of sp³-hybridized carbons (Fsp3) is 0.120. The van der Waals surface area contributed by atoms with E-state index in [1.54, 1.807) is 12.1 Å². The van der Waals surface area contributed by atoms with Crippen molar-refractivity contribution < 1.29 is 14.3 Å². The van der Waals surface area contributed by atoms with Crippen LogP contribution in [0.4, 0.5) is 5.69 Å². The first kappa shape index (κ1) is 23.6. The predicted octanol–water partition coefficient (Wildman–Crippen LogP) is 6.39. The second-order valence-electron chi connectivity index (χ2n) is 6.85. The van der Waals surface area contributed by atoms with Gasteiger partial charge in [0.1, 0.15) is 18.2 Å². The zero-order valence-electron chi connectivity index (χ0n) is 17.5. The number of ether oxygens (including phenoxy) is 2. The van der Waals surface area contributed by atoms with E-state index in [1.165, 1.54) is 13.2 Å². The largest absolute Gasteiger partial charge is 0.493 e. The van der Waals surface area contributed by atoms with Crippen molar-refractivity contribution in [1.82, 2.24) is 0 Å². The van der Waals surface area contributed by atoms with Crippen LogP contribution in [0.3, 0.4) is 0 Å². The SMILES string of the molecule is COc1cc(/C=C(/C#N)C(=O)Nc2ccccc2C)cc(I)c1OCc1ccccc1Cl. The van der Waals surface area contributed by atoms with Crippen LogP contribution in [0.25, 0.3) is 6.08 Å². The molecule has 0 radical (unpaired) electrons. The lowest BCUT2D eigenvalue weighted by Crippen LogP contribution is -2.14. The number of hydrogen-bond acceptors (Lipinski definition) is 4. The molecule has 0 saturated heterocycles. The summed E-state index contributed by atoms with van der Waals surface area (Å²) in [5.41, 5.74) is 3.06. The molecular formula is C25H20ClIN2O3. The van der Waals surface area contributed by atoms with Crippen molar-refractivity contribution in [3.8, 4) is 17.6 Å². The molecule has 0 bridgehead atoms. The van der Waals surface area contributed by atoms with Gasteiger partial charge in [-0.1, -0.05) is 48.0 Å². The number of amides is 1. The summed E-state index contributed by atoms with van der Waals surface area (Å²) in [6, 6.07) is 20.4. The minimum absolute atomic E-state index is 0.0177. The van der Waals surface area contributed by atoms with Gasteiger partial charge in [0.2, 0.25) is 0 Å². The van der Waals surface area contributed by atoms with Gasteiger partial charge < -0.3 is 14.8 Å². The van der Waals surface area contributed by atoms with Crippen LogP contribution in [-0.2, 0) is 11.4 Å². The van der Waals surface area contributed by atoms with E-state index in [9.17, 15) is 10.1 Å². The molecule has 0 saturated carbocycles. The molecule has 0 aliphatic carbocycles. The van der Waals surface area contributed by atoms with E-state index in [1.807, 2.05) is 61.5 Å². The van der Waals surface area contributed by atoms with Crippen molar-refractivity contribution in [1.29, 1.82) is 5.26 Å². The van der Waals surface area contributed by atoms with Crippen LogP contribution in [0.15, 0.2) is 66.2 Å². The fourth-order valence-corrected chi connectivity index (χ4v) is 3.92. The molecular weight excluding hydrogens is 539 g/mol. The van der Waals surface area contributed by atoms with Crippen molar-refractivity contribution in [3.63, 3.8) is 0 Å². The number of anilines is 1. The molecule has 0 atom stereocenters. The lowest BCUT2D eigenvalue weighted by molar-refractivity contribution is -0.112. The van der Waals surface area contributed by atoms with Crippen LogP contribution in [0.5, 0.6) is 11.5 Å². The van der Waals surface area contributed by atoms with Gasteiger partial charge in [0, 0.05) is 16.3 Å². The number of nitrogens with one attached hydrogen (secondary N) is 1. The number of halogens is 2. The van der Waals surface area contributed by atoms with Crippen molar-refractivity contribution in [2.24, 2.45) is 0 Å². The Balaban J connectivity index is 1.84. The highest BCUT2D eigenvalue weighted by atomic mass is 127. The van der Waals surface area contributed by atoms with E-state index in [2.05, 4.69) is 27.9 Å². The number of nitriles is 1. The molecule has 3 rings (SSSR count). The number of hydrogen-bond donors (Lipinski definition) is 1. The summed E-state index contributed by atoms with van der Waals surface area (Å²) in [4.78, 5) is 12.6. The van der Waals surface area contributed by atoms with Gasteiger partial charge in [-0.25, -0.2) is 0 Å². The summed E-state index contributed by atoms with van der Waals surface area (Å²) in [5.74, 6) is 0.578. The molecule has 7 heteroatoms. The van der Waals surface area contributed by atoms with Crippen molar-refractivity contribution in [3.05, 3.63) is 91.5 Å². The van der Waals surface area contributed by atoms with Crippen LogP contribution in [0.1, 0.15) is 16.7 Å². The molecule has 0 unspecified atom stereocenters. The van der Waals surface area contributed by atoms with Crippen molar-refractivity contribution in [2.75, 3.05) is 12.4 Å². The van der Waals surface area contributed by atoms with E-state index < -0.39 is 5.91 Å². The third-order valence-corrected chi connectivity index (χ3v) is 5.82. The van der Waals surface area contributed by atoms with Gasteiger partial charge in [-0.05, 0) is 71.0 Å². The van der Waals surface area contributed by atoms with Gasteiger partial charge >= 0.3 is 0 Å². The van der Waals surface area contributed by atoms with Gasteiger partial charge in [-0.2, -0.15) is 5.26 Å². The van der Waals surface area contributed by atoms with E-state index in [0.29, 0.717) is 27.8 Å². The maximum Gasteiger partial charge on any atom is 0.266 e. The highest BCUT2D eigenvalue weighted by Gasteiger charge is 2.15. The molecule has 0 fully saturated rings. The Morgan fingerprint density at radius 3 is 2.59 bits per heavy atom. The number of rotatable bonds is 7. The Labute approximate surface area is 205 Å². The minimum atomic E-state index is -0.477. The molecule has 0 heterocycles. The number of carbonyl (C=O) groups is 1. The van der Waals surface area contributed by atoms with Crippen molar-refractivity contribution in [2.45, 2.75) is 13.5 Å². The Bertz CT molecular complexity index is 1220. The first-order valence-electron chi connectivity index (χ1n) is 9.65. The number of benzene rings is 3. The van der Waals surface area contributed by atoms with Crippen LogP contribution < -0.4 is 14.8 Å². The average molecular weight is 559 g/mol. The first-order chi connectivity index (χ1) is 15.4. The zero-order valence-corrected chi connectivity index (χ0v) is 20.4. The second-order valence-corrected chi connectivity index (χ2v) is 8.42. The van der Waals surface area contributed by atoms with Crippen LogP contribution in [-0.4, -0.2) is 13.0 Å². The Hall–Kier alpha value is -3.02. The first-order valence-corrected chi connectivity index (χ1v) is 11.1. The van der Waals surface area contributed by atoms with E-state index in [0.717, 1.165) is 14.7 Å². The molecule has 32 heavy (non-hydrogen) atoms. The highest BCUT2D eigenvalue weighted by Crippen LogP contribution is 2.35. The second kappa shape index (κ2) is 11.0. The normalized spacial score (nSPS) is 10.9. The lowest BCUT2D eigenvalue weighted by atomic mass is 10.1. The third kappa shape index (κ3) is 5.81. The van der Waals surface area contributed by atoms with Gasteiger partial charge in [0.05, 0.1) is 10.7 Å². The molecule has 3 aromatic rings. The number of methoxy groups -OCH3 is 1. The monoisotopic (exact) mass is 558 g/mol. The topological polar surface area (TPSA) is 71.3 Å². The summed E-state index contributed by atoms with van der Waals surface area (Å²) in [6.45, 7) is 2.17. The summed E-state index contributed by atoms with van der Waals surface area (Å²) in [7, 11) is 1.54. The summed E-state index contributed by atoms with van der Waals surface area (Å²) < 4.78 is 12.2. The zero-order chi connectivity index (χ0) is 23.1. The maximum atomic E-state index is 12.6. The summed E-state index contributed by atoms with van der Waals surface area (Å²) >= 11 is 8.35. The third-order valence-electron chi connectivity index (χ3n) is 4.65. The summed E-state index contributed by atoms with van der Waals surface area (Å²) in [6.07, 6.45) is 1.52. The van der Waals surface area contributed by atoms with Gasteiger partial charge in [-0.3, -0.25) is 4.79 Å². The molecule has 5 nitrogen and oxygen atoms in total. The smallest absolute Gasteiger partial charge is 0.266 e. The average Bonchev–Trinajstić information content (AvgIpc) is 2.78. The van der Waals surface area contributed by atoms with Crippen LogP contribution in [0, 0.1) is 21.8 Å². The van der Waals surface area contributed by atoms with Gasteiger partial charge in [-0.15, -0.1) is 0 Å². The molecule has 162 valence electrons. The number of carbonyl (C=O) groups excluding carboxylic acids is 1. The molecule has 0 aromatic heterocycles. The molecule has 0 aliphatic rings. The van der Waals surface area contributed by atoms with Crippen molar-refractivity contribution >= 4 is 51.9 Å². The minimum Gasteiger partial charge on any atom is -0.493 e. The van der Waals surface area contributed by atoms with Gasteiger partial charge in [0.15, 0.2) is 11.5 Å². The molecule has 0 aliphatic heterocycles. The van der Waals surface area contributed by atoms with E-state index in [4.69, 9.17) is 21.1 Å². The standard InChI is InChI=1S/C25H20ClIN2O3/c1-16-7-3-6-10-22(16)29-25(30)19(14-28)11-17-12-21(27)24(23(13-17)31-2)32-15-18-8-4-5-9-20(18)26/h3-13H,15H2,1-2H3,(H,29,30)/b19-11-. The molecule has 1 amide bonds. The fourth-order valence-electron chi connectivity index (χ4n) is 2.95. The number of para-hydroxylation sites is 1.